The molecule has 4 heteroatoms. The number of aromatic nitrogens is 2. The van der Waals surface area contributed by atoms with Crippen molar-refractivity contribution in [3.8, 4) is 17.6 Å². The Balaban J connectivity index is 2.01. The molecule has 2 heterocycles. The monoisotopic (exact) mass is 258 g/mol. The second-order valence-corrected chi connectivity index (χ2v) is 3.72. The molecule has 0 amide bonds. The van der Waals surface area contributed by atoms with Crippen LogP contribution in [0.4, 0.5) is 0 Å². The molecule has 0 bridgehead atoms. The van der Waals surface area contributed by atoms with Gasteiger partial charge in [0.15, 0.2) is 0 Å². The average molecular weight is 259 g/mol. The fourth-order valence-electron chi connectivity index (χ4n) is 1.34. The Morgan fingerprint density at radius 3 is 3.00 bits per heavy atom. The Kier molecular flexibility index (Phi) is 4.57. The average Bonchev–Trinajstić information content (AvgIpc) is 2.44. The summed E-state index contributed by atoms with van der Waals surface area (Å²) in [5.74, 6) is 6.64. The molecular formula is C14H11ClN2O. The van der Waals surface area contributed by atoms with Crippen LogP contribution < -0.4 is 4.74 Å². The van der Waals surface area contributed by atoms with Crippen molar-refractivity contribution < 1.29 is 4.74 Å². The molecule has 0 radical (unpaired) electrons. The van der Waals surface area contributed by atoms with Gasteiger partial charge in [-0.25, -0.2) is 0 Å². The smallest absolute Gasteiger partial charge is 0.139 e. The molecule has 2 aromatic heterocycles. The minimum atomic E-state index is 0.305. The number of alkyl halides is 1. The zero-order valence-electron chi connectivity index (χ0n) is 9.64. The summed E-state index contributed by atoms with van der Waals surface area (Å²) in [6.45, 7) is 0.412. The van der Waals surface area contributed by atoms with E-state index in [0.717, 1.165) is 11.3 Å². The lowest BCUT2D eigenvalue weighted by atomic mass is 10.3. The first-order chi connectivity index (χ1) is 8.88. The molecule has 2 rings (SSSR count). The number of pyridine rings is 2. The molecule has 0 saturated heterocycles. The van der Waals surface area contributed by atoms with E-state index in [4.69, 9.17) is 16.3 Å². The molecule has 3 nitrogen and oxygen atoms in total. The van der Waals surface area contributed by atoms with E-state index in [1.54, 1.807) is 18.6 Å². The van der Waals surface area contributed by atoms with Gasteiger partial charge in [0.05, 0.1) is 17.8 Å². The van der Waals surface area contributed by atoms with Gasteiger partial charge >= 0.3 is 0 Å². The van der Waals surface area contributed by atoms with Crippen LogP contribution in [0.3, 0.4) is 0 Å². The Hall–Kier alpha value is -2.05. The first-order valence-electron chi connectivity index (χ1n) is 5.41. The maximum Gasteiger partial charge on any atom is 0.139 e. The SMILES string of the molecule is ClCC#Cc1cncc(OCc2ccccn2)c1. The van der Waals surface area contributed by atoms with Gasteiger partial charge in [0.1, 0.15) is 12.4 Å². The minimum absolute atomic E-state index is 0.305. The number of ether oxygens (including phenoxy) is 1. The van der Waals surface area contributed by atoms with Gasteiger partial charge < -0.3 is 4.74 Å². The van der Waals surface area contributed by atoms with Crippen molar-refractivity contribution in [3.63, 3.8) is 0 Å². The van der Waals surface area contributed by atoms with Gasteiger partial charge in [-0.2, -0.15) is 0 Å². The second kappa shape index (κ2) is 6.63. The quantitative estimate of drug-likeness (QED) is 0.627. The first-order valence-corrected chi connectivity index (χ1v) is 5.94. The lowest BCUT2D eigenvalue weighted by molar-refractivity contribution is 0.300. The standard InChI is InChI=1S/C14H11ClN2O/c15-6-3-4-12-8-14(10-16-9-12)18-11-13-5-1-2-7-17-13/h1-2,5,7-10H,6,11H2. The van der Waals surface area contributed by atoms with Crippen LogP contribution in [-0.4, -0.2) is 15.8 Å². The zero-order valence-corrected chi connectivity index (χ0v) is 10.4. The highest BCUT2D eigenvalue weighted by molar-refractivity contribution is 6.19. The lowest BCUT2D eigenvalue weighted by Gasteiger charge is -2.05. The highest BCUT2D eigenvalue weighted by atomic mass is 35.5. The van der Waals surface area contributed by atoms with Crippen LogP contribution in [0.15, 0.2) is 42.9 Å². The first kappa shape index (κ1) is 12.4. The van der Waals surface area contributed by atoms with Gasteiger partial charge in [-0.15, -0.1) is 11.6 Å². The van der Waals surface area contributed by atoms with Crippen molar-refractivity contribution in [2.45, 2.75) is 6.61 Å². The molecule has 0 fully saturated rings. The second-order valence-electron chi connectivity index (χ2n) is 3.45. The van der Waals surface area contributed by atoms with Crippen LogP contribution in [0.25, 0.3) is 0 Å². The molecule has 0 saturated carbocycles. The highest BCUT2D eigenvalue weighted by Gasteiger charge is 1.98. The van der Waals surface area contributed by atoms with E-state index in [-0.39, 0.29) is 0 Å². The van der Waals surface area contributed by atoms with Gasteiger partial charge in [-0.05, 0) is 18.2 Å². The third-order valence-corrected chi connectivity index (χ3v) is 2.26. The van der Waals surface area contributed by atoms with Crippen LogP contribution >= 0.6 is 11.6 Å². The maximum atomic E-state index is 5.59. The summed E-state index contributed by atoms with van der Waals surface area (Å²) < 4.78 is 5.59. The number of halogens is 1. The minimum Gasteiger partial charge on any atom is -0.486 e. The Labute approximate surface area is 111 Å². The van der Waals surface area contributed by atoms with Crippen molar-refractivity contribution >= 4 is 11.6 Å². The fourth-order valence-corrected chi connectivity index (χ4v) is 1.41. The highest BCUT2D eigenvalue weighted by Crippen LogP contribution is 2.12. The van der Waals surface area contributed by atoms with Gasteiger partial charge in [0, 0.05) is 18.0 Å². The predicted octanol–water partition coefficient (Wildman–Crippen LogP) is 2.65. The van der Waals surface area contributed by atoms with Gasteiger partial charge in [0.25, 0.3) is 0 Å². The summed E-state index contributed by atoms with van der Waals surface area (Å²) in [6.07, 6.45) is 5.06. The van der Waals surface area contributed by atoms with Gasteiger partial charge in [0.2, 0.25) is 0 Å². The van der Waals surface area contributed by atoms with E-state index < -0.39 is 0 Å². The van der Waals surface area contributed by atoms with Gasteiger partial charge in [-0.3, -0.25) is 9.97 Å². The van der Waals surface area contributed by atoms with Crippen LogP contribution in [0.5, 0.6) is 5.75 Å². The fraction of sp³-hybridized carbons (Fsp3) is 0.143. The molecule has 18 heavy (non-hydrogen) atoms. The van der Waals surface area contributed by atoms with Crippen molar-refractivity contribution in [3.05, 3.63) is 54.1 Å². The van der Waals surface area contributed by atoms with Crippen LogP contribution in [-0.2, 0) is 6.61 Å². The molecule has 2 aromatic rings. The molecular weight excluding hydrogens is 248 g/mol. The number of hydrogen-bond acceptors (Lipinski definition) is 3. The van der Waals surface area contributed by atoms with Crippen molar-refractivity contribution in [1.29, 1.82) is 0 Å². The normalized spacial score (nSPS) is 9.39. The number of hydrogen-bond donors (Lipinski definition) is 0. The summed E-state index contributed by atoms with van der Waals surface area (Å²) in [5, 5.41) is 0. The van der Waals surface area contributed by atoms with Crippen molar-refractivity contribution in [1.82, 2.24) is 9.97 Å². The summed E-state index contributed by atoms with van der Waals surface area (Å²) >= 11 is 5.50. The van der Waals surface area contributed by atoms with E-state index in [1.165, 1.54) is 0 Å². The molecule has 0 spiro atoms. The Morgan fingerprint density at radius 1 is 1.28 bits per heavy atom. The van der Waals surface area contributed by atoms with E-state index in [1.807, 2.05) is 24.3 Å². The Bertz CT molecular complexity index is 561. The van der Waals surface area contributed by atoms with Crippen molar-refractivity contribution in [2.75, 3.05) is 5.88 Å². The van der Waals surface area contributed by atoms with E-state index in [0.29, 0.717) is 18.2 Å². The topological polar surface area (TPSA) is 35.0 Å². The third kappa shape index (κ3) is 3.76. The van der Waals surface area contributed by atoms with Gasteiger partial charge in [-0.1, -0.05) is 17.9 Å². The third-order valence-electron chi connectivity index (χ3n) is 2.13. The summed E-state index contributed by atoms with van der Waals surface area (Å²) in [5.41, 5.74) is 1.66. The molecule has 90 valence electrons. The lowest BCUT2D eigenvalue weighted by Crippen LogP contribution is -1.98. The molecule has 0 aliphatic heterocycles. The van der Waals surface area contributed by atoms with E-state index >= 15 is 0 Å². The molecule has 0 unspecified atom stereocenters. The molecule has 0 N–H and O–H groups in total. The molecule has 0 atom stereocenters. The number of rotatable bonds is 3. The Morgan fingerprint density at radius 2 is 2.22 bits per heavy atom. The zero-order chi connectivity index (χ0) is 12.6. The maximum absolute atomic E-state index is 5.59. The van der Waals surface area contributed by atoms with Crippen molar-refractivity contribution in [2.24, 2.45) is 0 Å². The summed E-state index contributed by atoms with van der Waals surface area (Å²) in [6, 6.07) is 7.53. The summed E-state index contributed by atoms with van der Waals surface area (Å²) in [4.78, 5) is 8.23. The number of nitrogens with zero attached hydrogens (tertiary/aromatic N) is 2. The van der Waals surface area contributed by atoms with Crippen LogP contribution in [0.2, 0.25) is 0 Å². The van der Waals surface area contributed by atoms with Crippen LogP contribution in [0.1, 0.15) is 11.3 Å². The van der Waals surface area contributed by atoms with Crippen LogP contribution in [0, 0.1) is 11.8 Å². The van der Waals surface area contributed by atoms with E-state index in [2.05, 4.69) is 21.8 Å². The summed E-state index contributed by atoms with van der Waals surface area (Å²) in [7, 11) is 0. The molecule has 0 aliphatic carbocycles. The van der Waals surface area contributed by atoms with E-state index in [9.17, 15) is 0 Å². The molecule has 0 aliphatic rings. The predicted molar refractivity (Wildman–Crippen MR) is 70.4 cm³/mol. The largest absolute Gasteiger partial charge is 0.486 e. The molecule has 0 aromatic carbocycles.